The van der Waals surface area contributed by atoms with E-state index < -0.39 is 5.97 Å². The van der Waals surface area contributed by atoms with Gasteiger partial charge in [-0.2, -0.15) is 0 Å². The molecule has 0 aromatic heterocycles. The Morgan fingerprint density at radius 3 is 2.41 bits per heavy atom. The van der Waals surface area contributed by atoms with E-state index in [9.17, 15) is 9.59 Å². The highest BCUT2D eigenvalue weighted by atomic mass is 16.6. The average molecular weight is 305 g/mol. The SMILES string of the molecule is CN(C(=O)OCc1ccccc1)C1CCC(CC(=O)O)CC1. The maximum atomic E-state index is 12.1. The van der Waals surface area contributed by atoms with E-state index in [0.29, 0.717) is 0 Å². The average Bonchev–Trinajstić information content (AvgIpc) is 2.53. The van der Waals surface area contributed by atoms with E-state index in [2.05, 4.69) is 0 Å². The number of rotatable bonds is 5. The summed E-state index contributed by atoms with van der Waals surface area (Å²) in [5.41, 5.74) is 0.967. The first-order valence-corrected chi connectivity index (χ1v) is 7.71. The number of nitrogens with zero attached hydrogens (tertiary/aromatic N) is 1. The van der Waals surface area contributed by atoms with Gasteiger partial charge in [-0.15, -0.1) is 0 Å². The summed E-state index contributed by atoms with van der Waals surface area (Å²) in [7, 11) is 1.76. The van der Waals surface area contributed by atoms with Gasteiger partial charge >= 0.3 is 12.1 Å². The van der Waals surface area contributed by atoms with Crippen molar-refractivity contribution in [2.75, 3.05) is 7.05 Å². The van der Waals surface area contributed by atoms with E-state index in [1.165, 1.54) is 0 Å². The topological polar surface area (TPSA) is 66.8 Å². The second-order valence-electron chi connectivity index (χ2n) is 5.92. The van der Waals surface area contributed by atoms with Gasteiger partial charge in [0.1, 0.15) is 6.61 Å². The van der Waals surface area contributed by atoms with E-state index in [0.717, 1.165) is 31.2 Å². The van der Waals surface area contributed by atoms with E-state index >= 15 is 0 Å². The molecule has 0 saturated heterocycles. The van der Waals surface area contributed by atoms with Crippen LogP contribution >= 0.6 is 0 Å². The molecule has 5 nitrogen and oxygen atoms in total. The summed E-state index contributed by atoms with van der Waals surface area (Å²) in [6.07, 6.45) is 3.31. The number of carbonyl (C=O) groups is 2. The molecule has 0 heterocycles. The van der Waals surface area contributed by atoms with Crippen LogP contribution in [-0.2, 0) is 16.1 Å². The molecule has 1 aromatic rings. The molecule has 1 N–H and O–H groups in total. The maximum Gasteiger partial charge on any atom is 0.410 e. The van der Waals surface area contributed by atoms with Crippen LogP contribution in [0.4, 0.5) is 4.79 Å². The molecule has 1 aliphatic rings. The van der Waals surface area contributed by atoms with Crippen molar-refractivity contribution in [2.24, 2.45) is 5.92 Å². The summed E-state index contributed by atoms with van der Waals surface area (Å²) < 4.78 is 5.33. The van der Waals surface area contributed by atoms with Crippen LogP contribution in [0.15, 0.2) is 30.3 Å². The predicted octanol–water partition coefficient (Wildman–Crippen LogP) is 3.29. The molecule has 1 aromatic carbocycles. The van der Waals surface area contributed by atoms with Gasteiger partial charge in [-0.05, 0) is 37.2 Å². The monoisotopic (exact) mass is 305 g/mol. The molecule has 2 rings (SSSR count). The van der Waals surface area contributed by atoms with Gasteiger partial charge in [-0.25, -0.2) is 4.79 Å². The van der Waals surface area contributed by atoms with Crippen molar-refractivity contribution in [1.82, 2.24) is 4.90 Å². The Hall–Kier alpha value is -2.04. The lowest BCUT2D eigenvalue weighted by Crippen LogP contribution is -2.39. The van der Waals surface area contributed by atoms with Crippen LogP contribution in [0.5, 0.6) is 0 Å². The zero-order valence-corrected chi connectivity index (χ0v) is 12.9. The van der Waals surface area contributed by atoms with Crippen molar-refractivity contribution in [1.29, 1.82) is 0 Å². The predicted molar refractivity (Wildman–Crippen MR) is 82.4 cm³/mol. The Kier molecular flexibility index (Phi) is 5.81. The van der Waals surface area contributed by atoms with Crippen LogP contribution < -0.4 is 0 Å². The van der Waals surface area contributed by atoms with Crippen LogP contribution in [-0.4, -0.2) is 35.2 Å². The number of carboxylic acids is 1. The molecule has 1 amide bonds. The lowest BCUT2D eigenvalue weighted by Gasteiger charge is -2.33. The van der Waals surface area contributed by atoms with Gasteiger partial charge in [-0.3, -0.25) is 4.79 Å². The van der Waals surface area contributed by atoms with Gasteiger partial charge in [0.25, 0.3) is 0 Å². The first kappa shape index (κ1) is 16.3. The summed E-state index contributed by atoms with van der Waals surface area (Å²) in [4.78, 5) is 24.5. The van der Waals surface area contributed by atoms with E-state index in [1.807, 2.05) is 30.3 Å². The number of carbonyl (C=O) groups excluding carboxylic acids is 1. The Morgan fingerprint density at radius 2 is 1.82 bits per heavy atom. The number of ether oxygens (including phenoxy) is 1. The highest BCUT2D eigenvalue weighted by molar-refractivity contribution is 5.68. The van der Waals surface area contributed by atoms with Crippen molar-refractivity contribution < 1.29 is 19.4 Å². The van der Waals surface area contributed by atoms with E-state index in [-0.39, 0.29) is 31.1 Å². The zero-order chi connectivity index (χ0) is 15.9. The molecule has 0 aliphatic heterocycles. The van der Waals surface area contributed by atoms with E-state index in [1.54, 1.807) is 11.9 Å². The number of carboxylic acid groups (broad SMARTS) is 1. The third-order valence-electron chi connectivity index (χ3n) is 4.32. The number of amides is 1. The van der Waals surface area contributed by atoms with E-state index in [4.69, 9.17) is 9.84 Å². The Balaban J connectivity index is 1.75. The molecule has 1 fully saturated rings. The maximum absolute atomic E-state index is 12.1. The minimum absolute atomic E-state index is 0.147. The van der Waals surface area contributed by atoms with Gasteiger partial charge in [0.2, 0.25) is 0 Å². The molecule has 1 aliphatic carbocycles. The molecule has 0 unspecified atom stereocenters. The van der Waals surface area contributed by atoms with Gasteiger partial charge in [0, 0.05) is 19.5 Å². The zero-order valence-electron chi connectivity index (χ0n) is 12.9. The molecular formula is C17H23NO4. The van der Waals surface area contributed by atoms with Gasteiger partial charge in [0.15, 0.2) is 0 Å². The summed E-state index contributed by atoms with van der Waals surface area (Å²) in [5.74, 6) is -0.499. The summed E-state index contributed by atoms with van der Waals surface area (Å²) >= 11 is 0. The van der Waals surface area contributed by atoms with Gasteiger partial charge in [0.05, 0.1) is 0 Å². The summed E-state index contributed by atoms with van der Waals surface area (Å²) in [6.45, 7) is 0.276. The lowest BCUT2D eigenvalue weighted by atomic mass is 9.84. The standard InChI is InChI=1S/C17H23NO4/c1-18(15-9-7-13(8-10-15)11-16(19)20)17(21)22-12-14-5-3-2-4-6-14/h2-6,13,15H,7-12H2,1H3,(H,19,20). The molecule has 0 radical (unpaired) electrons. The Bertz CT molecular complexity index is 495. The highest BCUT2D eigenvalue weighted by Gasteiger charge is 2.28. The smallest absolute Gasteiger partial charge is 0.410 e. The molecular weight excluding hydrogens is 282 g/mol. The fourth-order valence-corrected chi connectivity index (χ4v) is 2.95. The summed E-state index contributed by atoms with van der Waals surface area (Å²) in [5, 5.41) is 8.82. The summed E-state index contributed by atoms with van der Waals surface area (Å²) in [6, 6.07) is 9.74. The molecule has 0 spiro atoms. The second-order valence-corrected chi connectivity index (χ2v) is 5.92. The quantitative estimate of drug-likeness (QED) is 0.906. The first-order valence-electron chi connectivity index (χ1n) is 7.71. The van der Waals surface area contributed by atoms with Crippen LogP contribution in [0.3, 0.4) is 0 Å². The fourth-order valence-electron chi connectivity index (χ4n) is 2.95. The minimum Gasteiger partial charge on any atom is -0.481 e. The van der Waals surface area contributed by atoms with Crippen molar-refractivity contribution >= 4 is 12.1 Å². The first-order chi connectivity index (χ1) is 10.6. The third-order valence-corrected chi connectivity index (χ3v) is 4.32. The number of hydrogen-bond acceptors (Lipinski definition) is 3. The molecule has 120 valence electrons. The number of aliphatic carboxylic acids is 1. The lowest BCUT2D eigenvalue weighted by molar-refractivity contribution is -0.138. The molecule has 22 heavy (non-hydrogen) atoms. The molecule has 0 bridgehead atoms. The second kappa shape index (κ2) is 7.82. The largest absolute Gasteiger partial charge is 0.481 e. The van der Waals surface area contributed by atoms with Gasteiger partial charge < -0.3 is 14.7 Å². The number of hydrogen-bond donors (Lipinski definition) is 1. The van der Waals surface area contributed by atoms with Gasteiger partial charge in [-0.1, -0.05) is 30.3 Å². The van der Waals surface area contributed by atoms with Crippen LogP contribution in [0.2, 0.25) is 0 Å². The van der Waals surface area contributed by atoms with Crippen molar-refractivity contribution in [3.63, 3.8) is 0 Å². The molecule has 0 atom stereocenters. The van der Waals surface area contributed by atoms with Crippen molar-refractivity contribution in [3.8, 4) is 0 Å². The normalized spacial score (nSPS) is 21.1. The molecule has 1 saturated carbocycles. The highest BCUT2D eigenvalue weighted by Crippen LogP contribution is 2.29. The van der Waals surface area contributed by atoms with Crippen LogP contribution in [0, 0.1) is 5.92 Å². The minimum atomic E-state index is -0.737. The fraction of sp³-hybridized carbons (Fsp3) is 0.529. The molecule has 5 heteroatoms. The Morgan fingerprint density at radius 1 is 1.18 bits per heavy atom. The third kappa shape index (κ3) is 4.76. The van der Waals surface area contributed by atoms with Crippen LogP contribution in [0.1, 0.15) is 37.7 Å². The van der Waals surface area contributed by atoms with Crippen molar-refractivity contribution in [2.45, 2.75) is 44.8 Å². The Labute approximate surface area is 130 Å². The number of benzene rings is 1. The van der Waals surface area contributed by atoms with Crippen molar-refractivity contribution in [3.05, 3.63) is 35.9 Å². The van der Waals surface area contributed by atoms with Crippen LogP contribution in [0.25, 0.3) is 0 Å².